The summed E-state index contributed by atoms with van der Waals surface area (Å²) in [6, 6.07) is 1.84. The van der Waals surface area contributed by atoms with Gasteiger partial charge in [-0.05, 0) is 37.1 Å². The second-order valence-electron chi connectivity index (χ2n) is 4.38. The van der Waals surface area contributed by atoms with Crippen molar-refractivity contribution < 1.29 is 9.26 Å². The molecule has 1 aliphatic rings. The van der Waals surface area contributed by atoms with Gasteiger partial charge >= 0.3 is 0 Å². The number of nitrogens with two attached hydrogens (primary N) is 1. The van der Waals surface area contributed by atoms with Crippen molar-refractivity contribution in [3.8, 4) is 10.8 Å². The molecule has 2 heterocycles. The number of nitrogens with zero attached hydrogens (tertiary/aromatic N) is 2. The van der Waals surface area contributed by atoms with Crippen LogP contribution in [0.3, 0.4) is 0 Å². The Bertz CT molecular complexity index is 533. The van der Waals surface area contributed by atoms with E-state index in [0.29, 0.717) is 29.9 Å². The second-order valence-corrected chi connectivity index (χ2v) is 5.29. The predicted octanol–water partition coefficient (Wildman–Crippen LogP) is 2.87. The van der Waals surface area contributed by atoms with Gasteiger partial charge in [-0.3, -0.25) is 0 Å². The first-order valence-corrected chi connectivity index (χ1v) is 6.96. The molecule has 3 rings (SSSR count). The van der Waals surface area contributed by atoms with Gasteiger partial charge in [-0.25, -0.2) is 0 Å². The minimum Gasteiger partial charge on any atom is -0.397 e. The molecule has 18 heavy (non-hydrogen) atoms. The SMILES string of the molecule is CCOC(c1noc(-c2sccc2N)n1)C1CC1. The number of ether oxygens (including phenoxy) is 1. The van der Waals surface area contributed by atoms with Crippen molar-refractivity contribution in [2.75, 3.05) is 12.3 Å². The summed E-state index contributed by atoms with van der Waals surface area (Å²) in [5.41, 5.74) is 6.52. The maximum absolute atomic E-state index is 5.84. The maximum Gasteiger partial charge on any atom is 0.270 e. The normalized spacial score (nSPS) is 16.9. The summed E-state index contributed by atoms with van der Waals surface area (Å²) in [4.78, 5) is 5.25. The number of hydrogen-bond donors (Lipinski definition) is 1. The summed E-state index contributed by atoms with van der Waals surface area (Å²) in [6.45, 7) is 2.64. The zero-order valence-electron chi connectivity index (χ0n) is 10.1. The fourth-order valence-electron chi connectivity index (χ4n) is 1.94. The van der Waals surface area contributed by atoms with Crippen LogP contribution in [0.1, 0.15) is 31.7 Å². The Hall–Kier alpha value is -1.40. The molecule has 0 aromatic carbocycles. The van der Waals surface area contributed by atoms with Gasteiger partial charge in [0.1, 0.15) is 11.0 Å². The Balaban J connectivity index is 1.86. The smallest absolute Gasteiger partial charge is 0.270 e. The van der Waals surface area contributed by atoms with Gasteiger partial charge < -0.3 is 15.0 Å². The standard InChI is InChI=1S/C12H15N3O2S/c1-2-16-9(7-3-4-7)11-14-12(17-15-11)10-8(13)5-6-18-10/h5-7,9H,2-4,13H2,1H3. The largest absolute Gasteiger partial charge is 0.397 e. The minimum atomic E-state index is -0.0336. The van der Waals surface area contributed by atoms with Gasteiger partial charge in [0, 0.05) is 6.61 Å². The molecule has 0 amide bonds. The second kappa shape index (κ2) is 4.70. The molecular weight excluding hydrogens is 250 g/mol. The third kappa shape index (κ3) is 2.13. The lowest BCUT2D eigenvalue weighted by atomic mass is 10.2. The molecule has 0 aliphatic heterocycles. The molecule has 5 nitrogen and oxygen atoms in total. The topological polar surface area (TPSA) is 74.2 Å². The fourth-order valence-corrected chi connectivity index (χ4v) is 2.67. The number of rotatable bonds is 5. The molecule has 1 saturated carbocycles. The molecule has 0 bridgehead atoms. The monoisotopic (exact) mass is 265 g/mol. The third-order valence-electron chi connectivity index (χ3n) is 2.98. The van der Waals surface area contributed by atoms with Crippen LogP contribution in [0.25, 0.3) is 10.8 Å². The van der Waals surface area contributed by atoms with Gasteiger partial charge in [-0.1, -0.05) is 5.16 Å². The average molecular weight is 265 g/mol. The lowest BCUT2D eigenvalue weighted by Gasteiger charge is -2.10. The lowest BCUT2D eigenvalue weighted by molar-refractivity contribution is 0.0385. The molecule has 2 aromatic heterocycles. The van der Waals surface area contributed by atoms with Gasteiger partial charge in [-0.2, -0.15) is 4.98 Å². The van der Waals surface area contributed by atoms with Crippen molar-refractivity contribution in [3.05, 3.63) is 17.3 Å². The van der Waals surface area contributed by atoms with Crippen LogP contribution in [-0.4, -0.2) is 16.7 Å². The number of thiophene rings is 1. The molecular formula is C12H15N3O2S. The van der Waals surface area contributed by atoms with E-state index in [9.17, 15) is 0 Å². The van der Waals surface area contributed by atoms with E-state index in [4.69, 9.17) is 15.0 Å². The van der Waals surface area contributed by atoms with E-state index < -0.39 is 0 Å². The van der Waals surface area contributed by atoms with Crippen LogP contribution in [0.2, 0.25) is 0 Å². The van der Waals surface area contributed by atoms with Crippen LogP contribution in [0.4, 0.5) is 5.69 Å². The Morgan fingerprint density at radius 1 is 1.61 bits per heavy atom. The molecule has 0 saturated heterocycles. The van der Waals surface area contributed by atoms with E-state index in [0.717, 1.165) is 4.88 Å². The summed E-state index contributed by atoms with van der Waals surface area (Å²) in [5.74, 6) is 1.67. The molecule has 1 unspecified atom stereocenters. The van der Waals surface area contributed by atoms with Gasteiger partial charge in [0.15, 0.2) is 0 Å². The molecule has 2 N–H and O–H groups in total. The first-order valence-electron chi connectivity index (χ1n) is 6.08. The summed E-state index contributed by atoms with van der Waals surface area (Å²) < 4.78 is 11.0. The third-order valence-corrected chi connectivity index (χ3v) is 3.90. The maximum atomic E-state index is 5.84. The van der Waals surface area contributed by atoms with E-state index >= 15 is 0 Å². The summed E-state index contributed by atoms with van der Waals surface area (Å²) >= 11 is 1.50. The number of aromatic nitrogens is 2. The molecule has 1 fully saturated rings. The zero-order chi connectivity index (χ0) is 12.5. The summed E-state index contributed by atoms with van der Waals surface area (Å²) in [6.07, 6.45) is 2.32. The number of anilines is 1. The molecule has 2 aromatic rings. The van der Waals surface area contributed by atoms with Gasteiger partial charge in [0.05, 0.1) is 5.69 Å². The van der Waals surface area contributed by atoms with E-state index in [2.05, 4.69) is 10.1 Å². The highest BCUT2D eigenvalue weighted by Crippen LogP contribution is 2.43. The first kappa shape index (κ1) is 11.7. The Morgan fingerprint density at radius 3 is 3.06 bits per heavy atom. The predicted molar refractivity (Wildman–Crippen MR) is 69.1 cm³/mol. The van der Waals surface area contributed by atoms with E-state index in [1.807, 2.05) is 18.4 Å². The van der Waals surface area contributed by atoms with Crippen molar-refractivity contribution in [2.45, 2.75) is 25.9 Å². The first-order chi connectivity index (χ1) is 8.79. The number of hydrogen-bond acceptors (Lipinski definition) is 6. The Kier molecular flexibility index (Phi) is 3.05. The molecule has 0 spiro atoms. The van der Waals surface area contributed by atoms with Crippen molar-refractivity contribution in [1.82, 2.24) is 10.1 Å². The molecule has 96 valence electrons. The van der Waals surface area contributed by atoms with E-state index in [1.54, 1.807) is 0 Å². The quantitative estimate of drug-likeness (QED) is 0.899. The lowest BCUT2D eigenvalue weighted by Crippen LogP contribution is -2.08. The van der Waals surface area contributed by atoms with Crippen LogP contribution in [0.15, 0.2) is 16.0 Å². The number of nitrogen functional groups attached to an aromatic ring is 1. The molecule has 1 atom stereocenters. The molecule has 1 aliphatic carbocycles. The van der Waals surface area contributed by atoms with Gasteiger partial charge in [0.25, 0.3) is 5.89 Å². The Labute approximate surface area is 109 Å². The summed E-state index contributed by atoms with van der Waals surface area (Å²) in [7, 11) is 0. The van der Waals surface area contributed by atoms with Gasteiger partial charge in [-0.15, -0.1) is 11.3 Å². The van der Waals surface area contributed by atoms with E-state index in [-0.39, 0.29) is 6.10 Å². The van der Waals surface area contributed by atoms with Crippen molar-refractivity contribution >= 4 is 17.0 Å². The zero-order valence-corrected chi connectivity index (χ0v) is 10.9. The van der Waals surface area contributed by atoms with Crippen LogP contribution < -0.4 is 5.73 Å². The summed E-state index contributed by atoms with van der Waals surface area (Å²) in [5, 5.41) is 5.95. The van der Waals surface area contributed by atoms with Crippen LogP contribution >= 0.6 is 11.3 Å². The fraction of sp³-hybridized carbons (Fsp3) is 0.500. The van der Waals surface area contributed by atoms with Crippen molar-refractivity contribution in [3.63, 3.8) is 0 Å². The highest BCUT2D eigenvalue weighted by atomic mass is 32.1. The van der Waals surface area contributed by atoms with Crippen molar-refractivity contribution in [2.24, 2.45) is 5.92 Å². The molecule has 6 heteroatoms. The van der Waals surface area contributed by atoms with Crippen LogP contribution in [-0.2, 0) is 4.74 Å². The Morgan fingerprint density at radius 2 is 2.44 bits per heavy atom. The van der Waals surface area contributed by atoms with Crippen molar-refractivity contribution in [1.29, 1.82) is 0 Å². The minimum absolute atomic E-state index is 0.0336. The van der Waals surface area contributed by atoms with E-state index in [1.165, 1.54) is 24.2 Å². The highest BCUT2D eigenvalue weighted by Gasteiger charge is 2.36. The average Bonchev–Trinajstić information content (AvgIpc) is 2.93. The highest BCUT2D eigenvalue weighted by molar-refractivity contribution is 7.14. The van der Waals surface area contributed by atoms with Gasteiger partial charge in [0.2, 0.25) is 5.82 Å². The van der Waals surface area contributed by atoms with Crippen LogP contribution in [0.5, 0.6) is 0 Å². The molecule has 0 radical (unpaired) electrons. The van der Waals surface area contributed by atoms with Crippen LogP contribution in [0, 0.1) is 5.92 Å².